The number of carbonyl (C=O) groups is 1. The minimum atomic E-state index is -0.424. The summed E-state index contributed by atoms with van der Waals surface area (Å²) in [5.74, 6) is -0.268. The van der Waals surface area contributed by atoms with E-state index in [4.69, 9.17) is 10.5 Å². The van der Waals surface area contributed by atoms with E-state index in [9.17, 15) is 4.79 Å². The number of esters is 1. The first-order chi connectivity index (χ1) is 7.07. The molecule has 0 heterocycles. The molecule has 0 saturated heterocycles. The standard InChI is InChI=1S/C11H19NO3/c1-14-4-3-10-5-11(6-10,7-10)8(12)9(13)15-2/h8H,3-7,12H2,1-2H3. The van der Waals surface area contributed by atoms with E-state index in [1.54, 1.807) is 7.11 Å². The number of hydrogen-bond donors (Lipinski definition) is 1. The Morgan fingerprint density at radius 2 is 2.00 bits per heavy atom. The summed E-state index contributed by atoms with van der Waals surface area (Å²) in [5, 5.41) is 0. The van der Waals surface area contributed by atoms with Gasteiger partial charge in [-0.15, -0.1) is 0 Å². The van der Waals surface area contributed by atoms with Gasteiger partial charge in [0.15, 0.2) is 0 Å². The molecule has 0 amide bonds. The van der Waals surface area contributed by atoms with Gasteiger partial charge in [-0.2, -0.15) is 0 Å². The molecule has 3 rings (SSSR count). The molecule has 0 spiro atoms. The van der Waals surface area contributed by atoms with Crippen LogP contribution in [-0.2, 0) is 14.3 Å². The Hall–Kier alpha value is -0.610. The third-order valence-electron chi connectivity index (χ3n) is 4.13. The van der Waals surface area contributed by atoms with Gasteiger partial charge in [-0.25, -0.2) is 0 Å². The van der Waals surface area contributed by atoms with Crippen LogP contribution < -0.4 is 5.73 Å². The van der Waals surface area contributed by atoms with Gasteiger partial charge in [0.1, 0.15) is 6.04 Å². The van der Waals surface area contributed by atoms with Crippen molar-refractivity contribution in [2.24, 2.45) is 16.6 Å². The van der Waals surface area contributed by atoms with E-state index in [0.29, 0.717) is 5.41 Å². The first-order valence-electron chi connectivity index (χ1n) is 5.40. The smallest absolute Gasteiger partial charge is 0.323 e. The maximum absolute atomic E-state index is 11.3. The van der Waals surface area contributed by atoms with Crippen molar-refractivity contribution in [2.75, 3.05) is 20.8 Å². The van der Waals surface area contributed by atoms with E-state index in [0.717, 1.165) is 32.3 Å². The van der Waals surface area contributed by atoms with Gasteiger partial charge in [0.2, 0.25) is 0 Å². The molecule has 3 saturated carbocycles. The van der Waals surface area contributed by atoms with E-state index in [2.05, 4.69) is 4.74 Å². The zero-order valence-corrected chi connectivity index (χ0v) is 9.41. The molecule has 0 aromatic heterocycles. The van der Waals surface area contributed by atoms with Crippen molar-refractivity contribution in [3.63, 3.8) is 0 Å². The Balaban J connectivity index is 1.84. The molecule has 0 aromatic carbocycles. The van der Waals surface area contributed by atoms with Crippen molar-refractivity contribution < 1.29 is 14.3 Å². The average molecular weight is 213 g/mol. The Bertz CT molecular complexity index is 257. The van der Waals surface area contributed by atoms with Crippen molar-refractivity contribution >= 4 is 5.97 Å². The zero-order chi connectivity index (χ0) is 11.1. The Kier molecular flexibility index (Phi) is 2.51. The largest absolute Gasteiger partial charge is 0.468 e. The normalized spacial score (nSPS) is 38.9. The number of ether oxygens (including phenoxy) is 2. The lowest BCUT2D eigenvalue weighted by Gasteiger charge is -2.72. The van der Waals surface area contributed by atoms with Crippen LogP contribution in [0.5, 0.6) is 0 Å². The van der Waals surface area contributed by atoms with Gasteiger partial charge in [-0.05, 0) is 36.5 Å². The van der Waals surface area contributed by atoms with E-state index in [-0.39, 0.29) is 11.4 Å². The molecule has 1 atom stereocenters. The Morgan fingerprint density at radius 3 is 2.47 bits per heavy atom. The third kappa shape index (κ3) is 1.47. The quantitative estimate of drug-likeness (QED) is 0.683. The fourth-order valence-corrected chi connectivity index (χ4v) is 3.38. The van der Waals surface area contributed by atoms with Gasteiger partial charge in [0, 0.05) is 13.7 Å². The van der Waals surface area contributed by atoms with Crippen LogP contribution in [0.2, 0.25) is 0 Å². The summed E-state index contributed by atoms with van der Waals surface area (Å²) >= 11 is 0. The zero-order valence-electron chi connectivity index (χ0n) is 9.41. The van der Waals surface area contributed by atoms with Gasteiger partial charge in [-0.1, -0.05) is 0 Å². The maximum atomic E-state index is 11.3. The van der Waals surface area contributed by atoms with Crippen molar-refractivity contribution in [3.8, 4) is 0 Å². The minimum Gasteiger partial charge on any atom is -0.468 e. The SMILES string of the molecule is COCCC12CC(C(N)C(=O)OC)(C1)C2. The highest BCUT2D eigenvalue weighted by molar-refractivity contribution is 5.77. The van der Waals surface area contributed by atoms with Crippen molar-refractivity contribution in [1.82, 2.24) is 0 Å². The number of rotatable bonds is 5. The summed E-state index contributed by atoms with van der Waals surface area (Å²) in [4.78, 5) is 11.3. The van der Waals surface area contributed by atoms with Gasteiger partial charge in [-0.3, -0.25) is 4.79 Å². The molecular formula is C11H19NO3. The van der Waals surface area contributed by atoms with E-state index >= 15 is 0 Å². The molecule has 3 aliphatic rings. The second-order valence-electron chi connectivity index (χ2n) is 5.14. The highest BCUT2D eigenvalue weighted by atomic mass is 16.5. The summed E-state index contributed by atoms with van der Waals surface area (Å²) in [6.45, 7) is 0.809. The molecule has 86 valence electrons. The number of hydrogen-bond acceptors (Lipinski definition) is 4. The number of nitrogens with two attached hydrogens (primary N) is 1. The molecule has 15 heavy (non-hydrogen) atoms. The van der Waals surface area contributed by atoms with E-state index in [1.807, 2.05) is 0 Å². The molecule has 2 N–H and O–H groups in total. The molecule has 4 heteroatoms. The van der Waals surface area contributed by atoms with Crippen LogP contribution in [0.3, 0.4) is 0 Å². The van der Waals surface area contributed by atoms with Crippen LogP contribution in [0.15, 0.2) is 0 Å². The second-order valence-corrected chi connectivity index (χ2v) is 5.14. The van der Waals surface area contributed by atoms with Gasteiger partial charge >= 0.3 is 5.97 Å². The summed E-state index contributed by atoms with van der Waals surface area (Å²) < 4.78 is 9.76. The molecule has 4 nitrogen and oxygen atoms in total. The second kappa shape index (κ2) is 3.46. The molecule has 0 aromatic rings. The number of carbonyl (C=O) groups excluding carboxylic acids is 1. The van der Waals surface area contributed by atoms with Gasteiger partial charge in [0.25, 0.3) is 0 Å². The van der Waals surface area contributed by atoms with Crippen LogP contribution in [0.25, 0.3) is 0 Å². The lowest BCUT2D eigenvalue weighted by Crippen LogP contribution is -2.70. The maximum Gasteiger partial charge on any atom is 0.323 e. The summed E-state index contributed by atoms with van der Waals surface area (Å²) in [7, 11) is 3.12. The first kappa shape index (κ1) is 10.9. The monoisotopic (exact) mass is 213 g/mol. The lowest BCUT2D eigenvalue weighted by molar-refractivity contribution is -0.228. The molecule has 3 aliphatic carbocycles. The molecule has 0 aliphatic heterocycles. The summed E-state index contributed by atoms with van der Waals surface area (Å²) in [6.07, 6.45) is 4.30. The topological polar surface area (TPSA) is 61.5 Å². The van der Waals surface area contributed by atoms with Crippen LogP contribution in [0.1, 0.15) is 25.7 Å². The lowest BCUT2D eigenvalue weighted by atomic mass is 9.32. The third-order valence-corrected chi connectivity index (χ3v) is 4.13. The number of methoxy groups -OCH3 is 2. The van der Waals surface area contributed by atoms with Crippen molar-refractivity contribution in [2.45, 2.75) is 31.7 Å². The van der Waals surface area contributed by atoms with Crippen LogP contribution in [0, 0.1) is 10.8 Å². The fourth-order valence-electron chi connectivity index (χ4n) is 3.38. The molecular weight excluding hydrogens is 194 g/mol. The van der Waals surface area contributed by atoms with Gasteiger partial charge < -0.3 is 15.2 Å². The fraction of sp³-hybridized carbons (Fsp3) is 0.909. The van der Waals surface area contributed by atoms with Crippen LogP contribution in [-0.4, -0.2) is 32.8 Å². The van der Waals surface area contributed by atoms with Gasteiger partial charge in [0.05, 0.1) is 7.11 Å². The minimum absolute atomic E-state index is 0.0564. The van der Waals surface area contributed by atoms with E-state index < -0.39 is 6.04 Å². The highest BCUT2D eigenvalue weighted by Gasteiger charge is 2.70. The predicted molar refractivity (Wildman–Crippen MR) is 55.2 cm³/mol. The predicted octanol–water partition coefficient (Wildman–Crippen LogP) is 0.694. The highest BCUT2D eigenvalue weighted by Crippen LogP contribution is 2.75. The van der Waals surface area contributed by atoms with Crippen LogP contribution in [0.4, 0.5) is 0 Å². The molecule has 0 radical (unpaired) electrons. The Labute approximate surface area is 90.1 Å². The first-order valence-corrected chi connectivity index (χ1v) is 5.40. The summed E-state index contributed by atoms with van der Waals surface area (Å²) in [5.41, 5.74) is 6.38. The Morgan fingerprint density at radius 1 is 1.40 bits per heavy atom. The van der Waals surface area contributed by atoms with Crippen molar-refractivity contribution in [3.05, 3.63) is 0 Å². The van der Waals surface area contributed by atoms with Crippen molar-refractivity contribution in [1.29, 1.82) is 0 Å². The summed E-state index contributed by atoms with van der Waals surface area (Å²) in [6, 6.07) is -0.424. The van der Waals surface area contributed by atoms with E-state index in [1.165, 1.54) is 7.11 Å². The molecule has 1 unspecified atom stereocenters. The van der Waals surface area contributed by atoms with Crippen LogP contribution >= 0.6 is 0 Å². The molecule has 2 bridgehead atoms. The molecule has 3 fully saturated rings. The average Bonchev–Trinajstić information content (AvgIpc) is 2.12.